The Bertz CT molecular complexity index is 212. The molecule has 2 atom stereocenters. The summed E-state index contributed by atoms with van der Waals surface area (Å²) >= 11 is 0. The largest absolute Gasteiger partial charge is 0.316 e. The van der Waals surface area contributed by atoms with Crippen molar-refractivity contribution < 1.29 is 0 Å². The van der Waals surface area contributed by atoms with E-state index in [9.17, 15) is 0 Å². The van der Waals surface area contributed by atoms with Crippen LogP contribution in [0.25, 0.3) is 0 Å². The Morgan fingerprint density at radius 1 is 1.41 bits per heavy atom. The number of rotatable bonds is 4. The van der Waals surface area contributed by atoms with E-state index in [1.807, 2.05) is 0 Å². The highest BCUT2D eigenvalue weighted by Crippen LogP contribution is 2.29. The van der Waals surface area contributed by atoms with Crippen LogP contribution in [0.5, 0.6) is 0 Å². The normalized spacial score (nSPS) is 34.6. The molecular formula is C14H29ClN2. The van der Waals surface area contributed by atoms with Crippen LogP contribution in [0.2, 0.25) is 0 Å². The van der Waals surface area contributed by atoms with Crippen molar-refractivity contribution in [2.24, 2.45) is 11.3 Å². The molecule has 2 unspecified atom stereocenters. The molecule has 0 radical (unpaired) electrons. The lowest BCUT2D eigenvalue weighted by Gasteiger charge is -2.37. The quantitative estimate of drug-likeness (QED) is 0.836. The lowest BCUT2D eigenvalue weighted by Crippen LogP contribution is -2.42. The lowest BCUT2D eigenvalue weighted by atomic mass is 9.87. The van der Waals surface area contributed by atoms with Gasteiger partial charge in [-0.1, -0.05) is 20.3 Å². The summed E-state index contributed by atoms with van der Waals surface area (Å²) in [7, 11) is 0. The van der Waals surface area contributed by atoms with Gasteiger partial charge in [-0.05, 0) is 50.1 Å². The summed E-state index contributed by atoms with van der Waals surface area (Å²) in [5, 5.41) is 3.51. The second kappa shape index (κ2) is 6.96. The number of nitrogens with one attached hydrogen (secondary N) is 1. The van der Waals surface area contributed by atoms with E-state index < -0.39 is 0 Å². The number of halogens is 1. The average molecular weight is 261 g/mol. The van der Waals surface area contributed by atoms with Gasteiger partial charge in [0.25, 0.3) is 0 Å². The zero-order chi connectivity index (χ0) is 11.4. The maximum atomic E-state index is 3.51. The maximum Gasteiger partial charge on any atom is 0.00481 e. The van der Waals surface area contributed by atoms with Crippen LogP contribution < -0.4 is 5.32 Å². The van der Waals surface area contributed by atoms with Crippen molar-refractivity contribution in [2.45, 2.75) is 46.0 Å². The Kier molecular flexibility index (Phi) is 6.25. The summed E-state index contributed by atoms with van der Waals surface area (Å²) in [5.74, 6) is 0.983. The highest BCUT2D eigenvalue weighted by Gasteiger charge is 2.32. The topological polar surface area (TPSA) is 15.3 Å². The van der Waals surface area contributed by atoms with E-state index in [4.69, 9.17) is 0 Å². The standard InChI is InChI=1S/C14H28N2.ClH/c1-3-5-13-6-4-9-16(10-13)12-14(2)7-8-15-11-14;/h13,15H,3-12H2,1-2H3;1H. The summed E-state index contributed by atoms with van der Waals surface area (Å²) in [6.45, 7) is 11.3. The van der Waals surface area contributed by atoms with E-state index in [0.717, 1.165) is 5.92 Å². The molecule has 3 heteroatoms. The lowest BCUT2D eigenvalue weighted by molar-refractivity contribution is 0.117. The van der Waals surface area contributed by atoms with Crippen LogP contribution >= 0.6 is 12.4 Å². The molecule has 2 saturated heterocycles. The average Bonchev–Trinajstić information content (AvgIpc) is 2.66. The molecule has 0 aromatic heterocycles. The third-order valence-corrected chi connectivity index (χ3v) is 4.36. The monoisotopic (exact) mass is 260 g/mol. The summed E-state index contributed by atoms with van der Waals surface area (Å²) in [6.07, 6.45) is 7.05. The molecule has 2 nitrogen and oxygen atoms in total. The van der Waals surface area contributed by atoms with Crippen molar-refractivity contribution in [3.63, 3.8) is 0 Å². The second-order valence-electron chi connectivity index (χ2n) is 6.27. The summed E-state index contributed by atoms with van der Waals surface area (Å²) in [4.78, 5) is 2.73. The Labute approximate surface area is 113 Å². The molecule has 0 bridgehead atoms. The van der Waals surface area contributed by atoms with E-state index in [0.29, 0.717) is 5.41 Å². The minimum atomic E-state index is 0. The molecule has 0 spiro atoms. The Morgan fingerprint density at radius 2 is 2.24 bits per heavy atom. The van der Waals surface area contributed by atoms with Gasteiger partial charge in [-0.25, -0.2) is 0 Å². The Balaban J connectivity index is 0.00000144. The number of hydrogen-bond acceptors (Lipinski definition) is 2. The Morgan fingerprint density at radius 3 is 2.88 bits per heavy atom. The highest BCUT2D eigenvalue weighted by atomic mass is 35.5. The van der Waals surface area contributed by atoms with Crippen molar-refractivity contribution in [1.29, 1.82) is 0 Å². The van der Waals surface area contributed by atoms with Crippen LogP contribution in [0.15, 0.2) is 0 Å². The van der Waals surface area contributed by atoms with Gasteiger partial charge in [0.2, 0.25) is 0 Å². The van der Waals surface area contributed by atoms with Crippen molar-refractivity contribution in [2.75, 3.05) is 32.7 Å². The van der Waals surface area contributed by atoms with E-state index >= 15 is 0 Å². The van der Waals surface area contributed by atoms with Gasteiger partial charge in [-0.2, -0.15) is 0 Å². The van der Waals surface area contributed by atoms with Crippen LogP contribution in [-0.4, -0.2) is 37.6 Å². The fourth-order valence-corrected chi connectivity index (χ4v) is 3.48. The van der Waals surface area contributed by atoms with Crippen molar-refractivity contribution >= 4 is 12.4 Å². The Hall–Kier alpha value is 0.210. The minimum absolute atomic E-state index is 0. The molecule has 0 amide bonds. The smallest absolute Gasteiger partial charge is 0.00481 e. The summed E-state index contributed by atoms with van der Waals surface area (Å²) < 4.78 is 0. The maximum absolute atomic E-state index is 3.51. The van der Waals surface area contributed by atoms with Gasteiger partial charge < -0.3 is 10.2 Å². The molecule has 102 valence electrons. The van der Waals surface area contributed by atoms with E-state index in [-0.39, 0.29) is 12.4 Å². The predicted octanol–water partition coefficient (Wildman–Crippen LogP) is 2.92. The highest BCUT2D eigenvalue weighted by molar-refractivity contribution is 5.85. The van der Waals surface area contributed by atoms with Crippen LogP contribution in [0.4, 0.5) is 0 Å². The number of piperidine rings is 1. The SMILES string of the molecule is CCCC1CCCN(CC2(C)CCNC2)C1.Cl. The third-order valence-electron chi connectivity index (χ3n) is 4.36. The molecule has 2 rings (SSSR count). The zero-order valence-corrected chi connectivity index (χ0v) is 12.3. The van der Waals surface area contributed by atoms with Gasteiger partial charge in [0.15, 0.2) is 0 Å². The van der Waals surface area contributed by atoms with Gasteiger partial charge in [0.1, 0.15) is 0 Å². The van der Waals surface area contributed by atoms with Crippen molar-refractivity contribution in [3.05, 3.63) is 0 Å². The molecule has 0 aliphatic carbocycles. The van der Waals surface area contributed by atoms with E-state index in [2.05, 4.69) is 24.1 Å². The molecule has 2 aliphatic heterocycles. The van der Waals surface area contributed by atoms with Crippen LogP contribution in [0.1, 0.15) is 46.0 Å². The van der Waals surface area contributed by atoms with Crippen LogP contribution in [-0.2, 0) is 0 Å². The molecule has 0 aromatic carbocycles. The van der Waals surface area contributed by atoms with E-state index in [1.54, 1.807) is 0 Å². The van der Waals surface area contributed by atoms with Crippen molar-refractivity contribution in [3.8, 4) is 0 Å². The van der Waals surface area contributed by atoms with Crippen LogP contribution in [0.3, 0.4) is 0 Å². The molecule has 17 heavy (non-hydrogen) atoms. The number of nitrogens with zero attached hydrogens (tertiary/aromatic N) is 1. The fraction of sp³-hybridized carbons (Fsp3) is 1.00. The molecule has 2 fully saturated rings. The number of hydrogen-bond donors (Lipinski definition) is 1. The molecule has 0 aromatic rings. The first kappa shape index (κ1) is 15.3. The molecular weight excluding hydrogens is 232 g/mol. The first-order valence-electron chi connectivity index (χ1n) is 7.15. The van der Waals surface area contributed by atoms with Gasteiger partial charge >= 0.3 is 0 Å². The zero-order valence-electron chi connectivity index (χ0n) is 11.5. The predicted molar refractivity (Wildman–Crippen MR) is 76.9 cm³/mol. The third kappa shape index (κ3) is 4.42. The first-order chi connectivity index (χ1) is 7.72. The minimum Gasteiger partial charge on any atom is -0.316 e. The summed E-state index contributed by atoms with van der Waals surface area (Å²) in [5.41, 5.74) is 0.550. The first-order valence-corrected chi connectivity index (χ1v) is 7.15. The van der Waals surface area contributed by atoms with Gasteiger partial charge in [-0.3, -0.25) is 0 Å². The molecule has 2 aliphatic rings. The number of likely N-dealkylation sites (tertiary alicyclic amines) is 1. The van der Waals surface area contributed by atoms with Crippen molar-refractivity contribution in [1.82, 2.24) is 10.2 Å². The summed E-state index contributed by atoms with van der Waals surface area (Å²) in [6, 6.07) is 0. The van der Waals surface area contributed by atoms with Gasteiger partial charge in [0, 0.05) is 19.6 Å². The molecule has 0 saturated carbocycles. The fourth-order valence-electron chi connectivity index (χ4n) is 3.48. The van der Waals surface area contributed by atoms with Crippen LogP contribution in [0, 0.1) is 11.3 Å². The van der Waals surface area contributed by atoms with Gasteiger partial charge in [-0.15, -0.1) is 12.4 Å². The van der Waals surface area contributed by atoms with Gasteiger partial charge in [0.05, 0.1) is 0 Å². The van der Waals surface area contributed by atoms with E-state index in [1.165, 1.54) is 64.8 Å². The molecule has 2 heterocycles. The molecule has 1 N–H and O–H groups in total. The second-order valence-corrected chi connectivity index (χ2v) is 6.27.